The van der Waals surface area contributed by atoms with Gasteiger partial charge in [-0.25, -0.2) is 22.5 Å². The van der Waals surface area contributed by atoms with E-state index in [9.17, 15) is 32.0 Å². The van der Waals surface area contributed by atoms with E-state index >= 15 is 13.2 Å². The summed E-state index contributed by atoms with van der Waals surface area (Å²) >= 11 is 0. The van der Waals surface area contributed by atoms with E-state index in [4.69, 9.17) is 0 Å². The topological polar surface area (TPSA) is 180 Å². The van der Waals surface area contributed by atoms with Crippen molar-refractivity contribution < 1.29 is 45.2 Å². The van der Waals surface area contributed by atoms with Crippen LogP contribution in [-0.2, 0) is 19.8 Å². The molecule has 67 heavy (non-hydrogen) atoms. The number of anilines is 3. The third-order valence-electron chi connectivity index (χ3n) is 13.7. The van der Waals surface area contributed by atoms with Gasteiger partial charge in [-0.3, -0.25) is 29.2 Å². The normalized spacial score (nSPS) is 21.3. The lowest BCUT2D eigenvalue weighted by molar-refractivity contribution is -0.134. The van der Waals surface area contributed by atoms with Crippen LogP contribution >= 0.6 is 0 Å². The fraction of sp³-hybridized carbons (Fsp3) is 0.383. The summed E-state index contributed by atoms with van der Waals surface area (Å²) in [6.45, 7) is 5.90. The molecule has 10 rings (SSSR count). The van der Waals surface area contributed by atoms with E-state index < -0.39 is 81.2 Å². The second kappa shape index (κ2) is 17.4. The van der Waals surface area contributed by atoms with E-state index in [1.165, 1.54) is 18.3 Å². The molecule has 3 aromatic carbocycles. The number of hydrogen-bond donors (Lipinski definition) is 4. The first kappa shape index (κ1) is 44.5. The zero-order chi connectivity index (χ0) is 46.8. The molecule has 5 fully saturated rings. The Morgan fingerprint density at radius 1 is 0.821 bits per heavy atom. The molecule has 2 aromatic heterocycles. The molecule has 3 amide bonds. The van der Waals surface area contributed by atoms with Gasteiger partial charge in [0.2, 0.25) is 17.6 Å². The van der Waals surface area contributed by atoms with Gasteiger partial charge in [-0.2, -0.15) is 12.7 Å². The molecule has 4 N–H and O–H groups in total. The molecule has 2 atom stereocenters. The smallest absolute Gasteiger partial charge is 0.301 e. The van der Waals surface area contributed by atoms with E-state index in [-0.39, 0.29) is 42.3 Å². The molecule has 5 aromatic rings. The average molecular weight is 942 g/mol. The molecule has 0 saturated carbocycles. The van der Waals surface area contributed by atoms with Crippen LogP contribution in [0, 0.1) is 28.8 Å². The van der Waals surface area contributed by atoms with Crippen molar-refractivity contribution in [2.45, 2.75) is 44.3 Å². The number of nitrogens with zero attached hydrogens (tertiary/aromatic N) is 5. The summed E-state index contributed by atoms with van der Waals surface area (Å²) in [5.41, 5.74) is 1.98. The number of halogens is 4. The maximum Gasteiger partial charge on any atom is 0.301 e. The Balaban J connectivity index is 0.707. The van der Waals surface area contributed by atoms with Gasteiger partial charge in [0.1, 0.15) is 29.5 Å². The van der Waals surface area contributed by atoms with E-state index in [1.54, 1.807) is 18.3 Å². The summed E-state index contributed by atoms with van der Waals surface area (Å²) in [5, 5.41) is 5.03. The standard InChI is InChI=1S/C47H47F4N9O6S/c48-30-13-16-60(22-30)67(65,66)56-38-8-7-36(49)41(42(38)51)43(62)35-20-53-44-34(35)17-29(19-52-44)28-1-3-31(4-2-28)58-14-11-27(12-15-58)21-57-23-47(24-57)25-59(26-47)32-5-6-33(37(50)18-32)45(63)54-39-9-10-40(61)55-46(39)64/h1-8,17-20,27,30,39,56H,9-16,21-26H2,(H,52,53)(H,54,63)(H,55,61,64)/t30-,39?/m1/s1. The molecule has 5 aliphatic rings. The summed E-state index contributed by atoms with van der Waals surface area (Å²) in [6, 6.07) is 15.0. The first-order valence-electron chi connectivity index (χ1n) is 22.3. The van der Waals surface area contributed by atoms with Crippen LogP contribution in [0.3, 0.4) is 0 Å². The number of benzene rings is 3. The van der Waals surface area contributed by atoms with Gasteiger partial charge in [0, 0.05) is 111 Å². The minimum absolute atomic E-state index is 0.00147. The van der Waals surface area contributed by atoms with E-state index in [1.807, 2.05) is 29.0 Å². The molecule has 15 nitrogen and oxygen atoms in total. The van der Waals surface area contributed by atoms with Gasteiger partial charge >= 0.3 is 10.2 Å². The number of carbonyl (C=O) groups excluding carboxylic acids is 4. The van der Waals surface area contributed by atoms with Crippen molar-refractivity contribution in [2.24, 2.45) is 11.3 Å². The molecule has 1 unspecified atom stereocenters. The molecule has 5 aliphatic heterocycles. The zero-order valence-electron chi connectivity index (χ0n) is 36.2. The minimum atomic E-state index is -4.36. The quantitative estimate of drug-likeness (QED) is 0.0743. The number of amides is 3. The number of carbonyl (C=O) groups is 4. The van der Waals surface area contributed by atoms with Gasteiger partial charge in [-0.05, 0) is 85.7 Å². The zero-order valence-corrected chi connectivity index (χ0v) is 37.0. The SMILES string of the molecule is O=C1CCC(NC(=O)c2ccc(N3CC4(CN(CC5CCN(c6ccc(-c7cnc8[nH]cc(C(=O)c9c(F)ccc(NS(=O)(=O)N%10CC[C@@H](F)C%10)c9F)c8c7)cc6)CC5)C4)C3)cc2F)C(=O)N1. The maximum atomic E-state index is 15.8. The van der Waals surface area contributed by atoms with Crippen LogP contribution in [0.2, 0.25) is 0 Å². The monoisotopic (exact) mass is 941 g/mol. The second-order valence-corrected chi connectivity index (χ2v) is 20.1. The summed E-state index contributed by atoms with van der Waals surface area (Å²) in [5.74, 6) is -5.36. The molecule has 350 valence electrons. The largest absolute Gasteiger partial charge is 0.372 e. The van der Waals surface area contributed by atoms with Gasteiger partial charge in [0.25, 0.3) is 5.91 Å². The van der Waals surface area contributed by atoms with Crippen molar-refractivity contribution in [3.8, 4) is 11.1 Å². The highest BCUT2D eigenvalue weighted by Gasteiger charge is 2.52. The Bertz CT molecular complexity index is 2910. The third kappa shape index (κ3) is 8.73. The van der Waals surface area contributed by atoms with Crippen molar-refractivity contribution in [3.05, 3.63) is 107 Å². The summed E-state index contributed by atoms with van der Waals surface area (Å²) in [4.78, 5) is 64.2. The van der Waals surface area contributed by atoms with E-state index in [0.717, 1.165) is 86.3 Å². The van der Waals surface area contributed by atoms with Crippen LogP contribution in [-0.4, -0.2) is 122 Å². The molecule has 0 aliphatic carbocycles. The van der Waals surface area contributed by atoms with Gasteiger partial charge in [-0.15, -0.1) is 0 Å². The van der Waals surface area contributed by atoms with Crippen molar-refractivity contribution >= 4 is 61.8 Å². The van der Waals surface area contributed by atoms with Crippen molar-refractivity contribution in [2.75, 3.05) is 73.4 Å². The predicted molar refractivity (Wildman–Crippen MR) is 241 cm³/mol. The number of rotatable bonds is 12. The lowest BCUT2D eigenvalue weighted by Crippen LogP contribution is -2.72. The van der Waals surface area contributed by atoms with Crippen molar-refractivity contribution in [1.29, 1.82) is 0 Å². The maximum absolute atomic E-state index is 15.8. The molecule has 1 spiro atoms. The Morgan fingerprint density at radius 3 is 2.27 bits per heavy atom. The van der Waals surface area contributed by atoms with Gasteiger partial charge in [0.05, 0.1) is 16.8 Å². The number of H-pyrrole nitrogens is 1. The molecule has 0 bridgehead atoms. The Morgan fingerprint density at radius 2 is 1.57 bits per heavy atom. The fourth-order valence-electron chi connectivity index (χ4n) is 10.2. The van der Waals surface area contributed by atoms with Gasteiger partial charge < -0.3 is 25.0 Å². The van der Waals surface area contributed by atoms with Crippen LogP contribution in [0.25, 0.3) is 22.2 Å². The van der Waals surface area contributed by atoms with E-state index in [0.29, 0.717) is 28.2 Å². The number of hydrogen-bond acceptors (Lipinski definition) is 10. The molecule has 0 radical (unpaired) electrons. The van der Waals surface area contributed by atoms with Crippen LogP contribution in [0.15, 0.2) is 73.1 Å². The number of ketones is 1. The number of likely N-dealkylation sites (tertiary alicyclic amines) is 1. The highest BCUT2D eigenvalue weighted by atomic mass is 32.2. The first-order valence-corrected chi connectivity index (χ1v) is 23.7. The summed E-state index contributed by atoms with van der Waals surface area (Å²) < 4.78 is 88.1. The minimum Gasteiger partial charge on any atom is -0.372 e. The fourth-order valence-corrected chi connectivity index (χ4v) is 11.4. The number of imide groups is 1. The summed E-state index contributed by atoms with van der Waals surface area (Å²) in [7, 11) is -4.36. The summed E-state index contributed by atoms with van der Waals surface area (Å²) in [6.07, 6.45) is 3.96. The number of piperidine rings is 2. The third-order valence-corrected chi connectivity index (χ3v) is 15.2. The predicted octanol–water partition coefficient (Wildman–Crippen LogP) is 5.15. The first-order chi connectivity index (χ1) is 32.1. The van der Waals surface area contributed by atoms with Crippen molar-refractivity contribution in [3.63, 3.8) is 0 Å². The second-order valence-electron chi connectivity index (χ2n) is 18.4. The van der Waals surface area contributed by atoms with Crippen molar-refractivity contribution in [1.82, 2.24) is 29.8 Å². The lowest BCUT2D eigenvalue weighted by atomic mass is 9.72. The Hall–Kier alpha value is -6.38. The Kier molecular flexibility index (Phi) is 11.5. The van der Waals surface area contributed by atoms with Gasteiger partial charge in [-0.1, -0.05) is 12.1 Å². The van der Waals surface area contributed by atoms with Crippen LogP contribution < -0.4 is 25.2 Å². The van der Waals surface area contributed by atoms with E-state index in [2.05, 4.69) is 35.3 Å². The number of aromatic nitrogens is 2. The highest BCUT2D eigenvalue weighted by molar-refractivity contribution is 7.90. The number of pyridine rings is 1. The number of nitrogens with one attached hydrogen (secondary N) is 4. The number of aromatic amines is 1. The molecule has 20 heteroatoms. The Labute approximate surface area is 383 Å². The number of fused-ring (bicyclic) bond motifs is 1. The highest BCUT2D eigenvalue weighted by Crippen LogP contribution is 2.43. The molecule has 7 heterocycles. The molecular formula is C47H47F4N9O6S. The molecule has 5 saturated heterocycles. The van der Waals surface area contributed by atoms with Crippen LogP contribution in [0.4, 0.5) is 34.6 Å². The van der Waals surface area contributed by atoms with Crippen LogP contribution in [0.5, 0.6) is 0 Å². The van der Waals surface area contributed by atoms with Gasteiger partial charge in [0.15, 0.2) is 5.82 Å². The average Bonchev–Trinajstić information content (AvgIpc) is 3.93. The molecular weight excluding hydrogens is 895 g/mol. The van der Waals surface area contributed by atoms with Crippen LogP contribution in [0.1, 0.15) is 58.4 Å². The number of alkyl halides is 1. The lowest BCUT2D eigenvalue weighted by Gasteiger charge is -2.61.